The minimum atomic E-state index is -2.16. The first-order valence-corrected chi connectivity index (χ1v) is 7.75. The zero-order valence-corrected chi connectivity index (χ0v) is 13.0. The van der Waals surface area contributed by atoms with Gasteiger partial charge in [-0.2, -0.15) is 0 Å². The molecule has 0 aliphatic heterocycles. The van der Waals surface area contributed by atoms with Crippen molar-refractivity contribution < 1.29 is 22.0 Å². The molecule has 2 nitrogen and oxygen atoms in total. The molecule has 0 bridgehead atoms. The zero-order valence-electron chi connectivity index (χ0n) is 12.2. The van der Waals surface area contributed by atoms with Crippen molar-refractivity contribution in [3.05, 3.63) is 64.7 Å². The maximum atomic E-state index is 13.7. The third-order valence-electron chi connectivity index (χ3n) is 3.33. The molecule has 0 aliphatic rings. The fourth-order valence-corrected chi connectivity index (χ4v) is 3.25. The largest absolute Gasteiger partial charge is 0.233 e. The molecule has 3 rings (SSSR count). The molecule has 0 amide bonds. The van der Waals surface area contributed by atoms with E-state index < -0.39 is 40.4 Å². The summed E-state index contributed by atoms with van der Waals surface area (Å²) >= 11 is 0.882. The molecule has 0 saturated heterocycles. The molecule has 1 heterocycles. The molecule has 0 aliphatic carbocycles. The summed E-state index contributed by atoms with van der Waals surface area (Å²) in [6, 6.07) is 6.97. The molecule has 3 aromatic rings. The summed E-state index contributed by atoms with van der Waals surface area (Å²) in [7, 11) is 0. The second kappa shape index (κ2) is 6.35. The Morgan fingerprint density at radius 2 is 1.42 bits per heavy atom. The van der Waals surface area contributed by atoms with E-state index >= 15 is 0 Å². The predicted octanol–water partition coefficient (Wildman–Crippen LogP) is 4.93. The molecule has 1 aromatic heterocycles. The number of benzene rings is 2. The Kier molecular flexibility index (Phi) is 4.40. The lowest BCUT2D eigenvalue weighted by Gasteiger charge is -2.09. The van der Waals surface area contributed by atoms with Gasteiger partial charge in [0.05, 0.1) is 5.52 Å². The number of hydrogen-bond acceptors (Lipinski definition) is 3. The molecule has 0 unspecified atom stereocenters. The lowest BCUT2D eigenvalue weighted by atomic mass is 10.2. The SMILES string of the molecule is Cc1nc(SCc2c(F)c(F)c(F)c(F)c2F)c2ccccc2n1. The van der Waals surface area contributed by atoms with E-state index in [4.69, 9.17) is 0 Å². The summed E-state index contributed by atoms with van der Waals surface area (Å²) in [5.74, 6) is -9.73. The van der Waals surface area contributed by atoms with Crippen LogP contribution in [-0.4, -0.2) is 9.97 Å². The van der Waals surface area contributed by atoms with Gasteiger partial charge in [0.25, 0.3) is 0 Å². The third kappa shape index (κ3) is 2.82. The highest BCUT2D eigenvalue weighted by Gasteiger charge is 2.25. The minimum absolute atomic E-state index is 0.405. The number of fused-ring (bicyclic) bond motifs is 1. The molecule has 2 aromatic carbocycles. The normalized spacial score (nSPS) is 11.2. The molecule has 0 fully saturated rings. The molecule has 0 spiro atoms. The Balaban J connectivity index is 2.01. The van der Waals surface area contributed by atoms with E-state index in [1.165, 1.54) is 0 Å². The first-order valence-electron chi connectivity index (χ1n) is 6.76. The lowest BCUT2D eigenvalue weighted by Crippen LogP contribution is -2.06. The van der Waals surface area contributed by atoms with Gasteiger partial charge in [-0.25, -0.2) is 31.9 Å². The summed E-state index contributed by atoms with van der Waals surface area (Å²) in [5, 5.41) is 1.04. The topological polar surface area (TPSA) is 25.8 Å². The van der Waals surface area contributed by atoms with Crippen LogP contribution in [0.25, 0.3) is 10.9 Å². The Morgan fingerprint density at radius 1 is 0.833 bits per heavy atom. The number of thioether (sulfide) groups is 1. The smallest absolute Gasteiger partial charge is 0.200 e. The van der Waals surface area contributed by atoms with Gasteiger partial charge in [-0.1, -0.05) is 18.2 Å². The van der Waals surface area contributed by atoms with Crippen LogP contribution in [0.2, 0.25) is 0 Å². The molecular formula is C16H9F5N2S. The van der Waals surface area contributed by atoms with Gasteiger partial charge < -0.3 is 0 Å². The van der Waals surface area contributed by atoms with Crippen molar-refractivity contribution >= 4 is 22.7 Å². The van der Waals surface area contributed by atoms with Gasteiger partial charge in [0, 0.05) is 16.7 Å². The minimum Gasteiger partial charge on any atom is -0.233 e. The van der Waals surface area contributed by atoms with E-state index in [-0.39, 0.29) is 0 Å². The molecule has 0 N–H and O–H groups in total. The van der Waals surface area contributed by atoms with Gasteiger partial charge in [0.2, 0.25) is 5.82 Å². The highest BCUT2D eigenvalue weighted by molar-refractivity contribution is 7.98. The van der Waals surface area contributed by atoms with Crippen LogP contribution >= 0.6 is 11.8 Å². The second-order valence-corrected chi connectivity index (χ2v) is 5.89. The van der Waals surface area contributed by atoms with Crippen LogP contribution in [0.4, 0.5) is 22.0 Å². The first-order chi connectivity index (χ1) is 11.4. The first kappa shape index (κ1) is 16.6. The van der Waals surface area contributed by atoms with Crippen LogP contribution in [0.5, 0.6) is 0 Å². The standard InChI is InChI=1S/C16H9F5N2S/c1-7-22-10-5-3-2-4-8(10)16(23-7)24-6-9-11(17)13(19)15(21)14(20)12(9)18/h2-5H,6H2,1H3. The van der Waals surface area contributed by atoms with E-state index in [0.717, 1.165) is 11.8 Å². The third-order valence-corrected chi connectivity index (χ3v) is 4.35. The number of aromatic nitrogens is 2. The van der Waals surface area contributed by atoms with Crippen molar-refractivity contribution in [3.63, 3.8) is 0 Å². The van der Waals surface area contributed by atoms with Gasteiger partial charge in [0.1, 0.15) is 10.9 Å². The predicted molar refractivity (Wildman–Crippen MR) is 80.1 cm³/mol. The zero-order chi connectivity index (χ0) is 17.4. The van der Waals surface area contributed by atoms with Crippen molar-refractivity contribution in [2.45, 2.75) is 17.7 Å². The van der Waals surface area contributed by atoms with Crippen LogP contribution in [-0.2, 0) is 5.75 Å². The molecule has 0 radical (unpaired) electrons. The monoisotopic (exact) mass is 356 g/mol. The van der Waals surface area contributed by atoms with E-state index in [9.17, 15) is 22.0 Å². The van der Waals surface area contributed by atoms with Crippen LogP contribution < -0.4 is 0 Å². The van der Waals surface area contributed by atoms with Crippen LogP contribution in [0.15, 0.2) is 29.3 Å². The molecule has 0 atom stereocenters. The van der Waals surface area contributed by atoms with Gasteiger partial charge in [-0.15, -0.1) is 11.8 Å². The Bertz CT molecular complexity index is 916. The van der Waals surface area contributed by atoms with E-state index in [2.05, 4.69) is 9.97 Å². The maximum absolute atomic E-state index is 13.7. The van der Waals surface area contributed by atoms with Gasteiger partial charge in [0.15, 0.2) is 23.3 Å². The van der Waals surface area contributed by atoms with E-state index in [0.29, 0.717) is 21.8 Å². The van der Waals surface area contributed by atoms with Crippen molar-refractivity contribution in [3.8, 4) is 0 Å². The molecule has 8 heteroatoms. The van der Waals surface area contributed by atoms with Crippen LogP contribution in [0, 0.1) is 36.0 Å². The summed E-state index contributed by atoms with van der Waals surface area (Å²) < 4.78 is 67.0. The van der Waals surface area contributed by atoms with Crippen LogP contribution in [0.1, 0.15) is 11.4 Å². The molecule has 24 heavy (non-hydrogen) atoms. The highest BCUT2D eigenvalue weighted by atomic mass is 32.2. The quantitative estimate of drug-likeness (QED) is 0.219. The number of para-hydroxylation sites is 1. The maximum Gasteiger partial charge on any atom is 0.200 e. The number of aryl methyl sites for hydroxylation is 1. The Hall–Kier alpha value is -2.22. The highest BCUT2D eigenvalue weighted by Crippen LogP contribution is 2.31. The number of nitrogens with zero attached hydrogens (tertiary/aromatic N) is 2. The number of hydrogen-bond donors (Lipinski definition) is 0. The van der Waals surface area contributed by atoms with Crippen molar-refractivity contribution in [1.82, 2.24) is 9.97 Å². The summed E-state index contributed by atoms with van der Waals surface area (Å²) in [4.78, 5) is 8.41. The van der Waals surface area contributed by atoms with Crippen molar-refractivity contribution in [2.75, 3.05) is 0 Å². The number of halogens is 5. The van der Waals surface area contributed by atoms with E-state index in [1.54, 1.807) is 31.2 Å². The van der Waals surface area contributed by atoms with Gasteiger partial charge in [-0.3, -0.25) is 0 Å². The van der Waals surface area contributed by atoms with E-state index in [1.807, 2.05) is 0 Å². The van der Waals surface area contributed by atoms with Gasteiger partial charge >= 0.3 is 0 Å². The fourth-order valence-electron chi connectivity index (χ4n) is 2.19. The van der Waals surface area contributed by atoms with Crippen molar-refractivity contribution in [1.29, 1.82) is 0 Å². The average Bonchev–Trinajstić information content (AvgIpc) is 2.58. The van der Waals surface area contributed by atoms with Gasteiger partial charge in [-0.05, 0) is 13.0 Å². The molecule has 124 valence electrons. The fraction of sp³-hybridized carbons (Fsp3) is 0.125. The second-order valence-electron chi connectivity index (χ2n) is 4.93. The average molecular weight is 356 g/mol. The Morgan fingerprint density at radius 3 is 2.08 bits per heavy atom. The summed E-state index contributed by atoms with van der Waals surface area (Å²) in [5.41, 5.74) is -0.248. The van der Waals surface area contributed by atoms with Crippen molar-refractivity contribution in [2.24, 2.45) is 0 Å². The number of rotatable bonds is 3. The Labute approximate surface area is 137 Å². The molecular weight excluding hydrogens is 347 g/mol. The lowest BCUT2D eigenvalue weighted by molar-refractivity contribution is 0.372. The summed E-state index contributed by atoms with van der Waals surface area (Å²) in [6.07, 6.45) is 0. The van der Waals surface area contributed by atoms with Crippen LogP contribution in [0.3, 0.4) is 0 Å². The summed E-state index contributed by atoms with van der Waals surface area (Å²) in [6.45, 7) is 1.65. The molecule has 0 saturated carbocycles.